The van der Waals surface area contributed by atoms with Gasteiger partial charge in [0.05, 0.1) is 18.8 Å². The number of amides is 1. The van der Waals surface area contributed by atoms with Gasteiger partial charge in [-0.1, -0.05) is 26.0 Å². The Bertz CT molecular complexity index is 867. The zero-order valence-electron chi connectivity index (χ0n) is 21.0. The van der Waals surface area contributed by atoms with E-state index in [1.165, 1.54) is 19.1 Å². The van der Waals surface area contributed by atoms with Gasteiger partial charge in [0.25, 0.3) is 5.91 Å². The number of carbonyl (C=O) groups excluding carboxylic acids is 3. The van der Waals surface area contributed by atoms with Crippen LogP contribution >= 0.6 is 0 Å². The van der Waals surface area contributed by atoms with E-state index in [4.69, 9.17) is 14.2 Å². The average Bonchev–Trinajstić information content (AvgIpc) is 3.28. The van der Waals surface area contributed by atoms with Crippen LogP contribution in [0.1, 0.15) is 45.6 Å². The third-order valence-corrected chi connectivity index (χ3v) is 7.14. The minimum absolute atomic E-state index is 0.107. The van der Waals surface area contributed by atoms with Crippen LogP contribution in [0.25, 0.3) is 0 Å². The van der Waals surface area contributed by atoms with Gasteiger partial charge in [0.15, 0.2) is 11.9 Å². The first-order chi connectivity index (χ1) is 16.2. The Morgan fingerprint density at radius 3 is 2.41 bits per heavy atom. The predicted octanol–water partition coefficient (Wildman–Crippen LogP) is 2.62. The molecule has 0 radical (unpaired) electrons. The van der Waals surface area contributed by atoms with Crippen molar-refractivity contribution < 1.29 is 28.6 Å². The number of ether oxygens (including phenoxy) is 3. The molecule has 0 bridgehead atoms. The predicted molar refractivity (Wildman–Crippen MR) is 129 cm³/mol. The number of hydrogen-bond donors (Lipinski definition) is 0. The second-order valence-corrected chi connectivity index (χ2v) is 9.61. The second kappa shape index (κ2) is 11.3. The SMILES string of the molecule is CCC(C)C(=O)C(Cc1ccc(N2CCCC23COC3)cc1)OC(=O)CN(C)C(=O)C(C)OC. The standard InChI is InChI=1S/C26H38N2O6/c1-6-18(2)24(30)22(34-23(29)15-27(4)25(31)19(3)32-5)14-20-8-10-21(11-9-20)28-13-7-12-26(28)16-33-17-26/h8-11,18-19,22H,6-7,12-17H2,1-5H3. The van der Waals surface area contributed by atoms with Crippen molar-refractivity contribution in [3.8, 4) is 0 Å². The van der Waals surface area contributed by atoms with E-state index in [1.54, 1.807) is 6.92 Å². The zero-order valence-corrected chi connectivity index (χ0v) is 21.0. The van der Waals surface area contributed by atoms with E-state index in [-0.39, 0.29) is 29.7 Å². The van der Waals surface area contributed by atoms with Crippen LogP contribution in [0.4, 0.5) is 5.69 Å². The van der Waals surface area contributed by atoms with Gasteiger partial charge in [-0.25, -0.2) is 0 Å². The molecule has 0 N–H and O–H groups in total. The molecule has 2 aliphatic heterocycles. The maximum Gasteiger partial charge on any atom is 0.326 e. The number of carbonyl (C=O) groups is 3. The molecule has 0 saturated carbocycles. The number of likely N-dealkylation sites (N-methyl/N-ethyl adjacent to an activating group) is 1. The highest BCUT2D eigenvalue weighted by Gasteiger charge is 2.47. The number of rotatable bonds is 11. The molecular weight excluding hydrogens is 436 g/mol. The normalized spacial score (nSPS) is 19.3. The Morgan fingerprint density at radius 1 is 1.18 bits per heavy atom. The molecule has 188 valence electrons. The van der Waals surface area contributed by atoms with Crippen molar-refractivity contribution in [2.45, 2.75) is 64.2 Å². The molecule has 2 heterocycles. The lowest BCUT2D eigenvalue weighted by atomic mass is 9.93. The van der Waals surface area contributed by atoms with Crippen molar-refractivity contribution in [2.75, 3.05) is 45.4 Å². The van der Waals surface area contributed by atoms with E-state index in [1.807, 2.05) is 26.0 Å². The summed E-state index contributed by atoms with van der Waals surface area (Å²) in [6.07, 6.45) is 1.72. The van der Waals surface area contributed by atoms with Crippen molar-refractivity contribution in [3.05, 3.63) is 29.8 Å². The van der Waals surface area contributed by atoms with E-state index < -0.39 is 18.2 Å². The minimum atomic E-state index is -0.894. The Balaban J connectivity index is 1.67. The summed E-state index contributed by atoms with van der Waals surface area (Å²) in [5, 5.41) is 0. The average molecular weight is 475 g/mol. The minimum Gasteiger partial charge on any atom is -0.453 e. The summed E-state index contributed by atoms with van der Waals surface area (Å²) in [5.41, 5.74) is 2.21. The number of Topliss-reactive ketones (excluding diaryl/α,β-unsaturated/α-hetero) is 1. The van der Waals surface area contributed by atoms with E-state index in [9.17, 15) is 14.4 Å². The number of anilines is 1. The zero-order chi connectivity index (χ0) is 24.9. The fourth-order valence-corrected chi connectivity index (χ4v) is 4.60. The molecule has 0 aromatic heterocycles. The molecule has 2 fully saturated rings. The van der Waals surface area contributed by atoms with Crippen molar-refractivity contribution in [1.29, 1.82) is 0 Å². The molecule has 2 saturated heterocycles. The van der Waals surface area contributed by atoms with Gasteiger partial charge in [-0.15, -0.1) is 0 Å². The molecule has 3 rings (SSSR count). The lowest BCUT2D eigenvalue weighted by Gasteiger charge is -2.46. The van der Waals surface area contributed by atoms with Gasteiger partial charge < -0.3 is 24.0 Å². The van der Waals surface area contributed by atoms with Gasteiger partial charge in [0, 0.05) is 38.7 Å². The molecule has 8 heteroatoms. The summed E-state index contributed by atoms with van der Waals surface area (Å²) in [5.74, 6) is -1.27. The molecule has 3 atom stereocenters. The van der Waals surface area contributed by atoms with Crippen LogP contribution < -0.4 is 4.90 Å². The third kappa shape index (κ3) is 5.78. The Hall–Kier alpha value is -2.45. The van der Waals surface area contributed by atoms with Gasteiger partial charge in [-0.05, 0) is 43.9 Å². The van der Waals surface area contributed by atoms with Gasteiger partial charge in [-0.3, -0.25) is 14.4 Å². The number of nitrogens with zero attached hydrogens (tertiary/aromatic N) is 2. The van der Waals surface area contributed by atoms with Gasteiger partial charge in [0.2, 0.25) is 0 Å². The summed E-state index contributed by atoms with van der Waals surface area (Å²) in [7, 11) is 2.95. The van der Waals surface area contributed by atoms with Crippen LogP contribution in [0.2, 0.25) is 0 Å². The van der Waals surface area contributed by atoms with E-state index >= 15 is 0 Å². The number of hydrogen-bond acceptors (Lipinski definition) is 7. The molecule has 1 spiro atoms. The van der Waals surface area contributed by atoms with Crippen molar-refractivity contribution >= 4 is 23.3 Å². The summed E-state index contributed by atoms with van der Waals surface area (Å²) >= 11 is 0. The summed E-state index contributed by atoms with van der Waals surface area (Å²) < 4.78 is 16.1. The number of methoxy groups -OCH3 is 1. The molecule has 8 nitrogen and oxygen atoms in total. The molecule has 1 aromatic carbocycles. The van der Waals surface area contributed by atoms with Crippen LogP contribution in [0.5, 0.6) is 0 Å². The van der Waals surface area contributed by atoms with E-state index in [2.05, 4.69) is 17.0 Å². The molecule has 34 heavy (non-hydrogen) atoms. The Morgan fingerprint density at radius 2 is 1.85 bits per heavy atom. The van der Waals surface area contributed by atoms with Crippen LogP contribution in [0.15, 0.2) is 24.3 Å². The van der Waals surface area contributed by atoms with Gasteiger partial charge in [0.1, 0.15) is 12.6 Å². The molecule has 1 aromatic rings. The molecule has 2 aliphatic rings. The number of benzene rings is 1. The van der Waals surface area contributed by atoms with Crippen molar-refractivity contribution in [2.24, 2.45) is 5.92 Å². The van der Waals surface area contributed by atoms with Crippen LogP contribution in [-0.2, 0) is 35.0 Å². The number of ketones is 1. The molecular formula is C26H38N2O6. The number of esters is 1. The lowest BCUT2D eigenvalue weighted by molar-refractivity contribution is -0.159. The first-order valence-corrected chi connectivity index (χ1v) is 12.2. The maximum absolute atomic E-state index is 13.0. The summed E-state index contributed by atoms with van der Waals surface area (Å²) in [6, 6.07) is 8.15. The fraction of sp³-hybridized carbons (Fsp3) is 0.654. The first kappa shape index (κ1) is 26.2. The van der Waals surface area contributed by atoms with Gasteiger partial charge >= 0.3 is 5.97 Å². The van der Waals surface area contributed by atoms with Crippen molar-refractivity contribution in [1.82, 2.24) is 4.90 Å². The fourth-order valence-electron chi connectivity index (χ4n) is 4.60. The highest BCUT2D eigenvalue weighted by atomic mass is 16.5. The third-order valence-electron chi connectivity index (χ3n) is 7.14. The smallest absolute Gasteiger partial charge is 0.326 e. The molecule has 3 unspecified atom stereocenters. The lowest BCUT2D eigenvalue weighted by Crippen LogP contribution is -2.59. The van der Waals surface area contributed by atoms with E-state index in [0.29, 0.717) is 12.8 Å². The largest absolute Gasteiger partial charge is 0.453 e. The van der Waals surface area contributed by atoms with Crippen LogP contribution in [0.3, 0.4) is 0 Å². The van der Waals surface area contributed by atoms with Crippen LogP contribution in [0, 0.1) is 5.92 Å². The highest BCUT2D eigenvalue weighted by Crippen LogP contribution is 2.39. The highest BCUT2D eigenvalue weighted by molar-refractivity contribution is 5.89. The Kier molecular flexibility index (Phi) is 8.71. The topological polar surface area (TPSA) is 85.4 Å². The van der Waals surface area contributed by atoms with Crippen LogP contribution in [-0.4, -0.2) is 80.8 Å². The molecule has 1 amide bonds. The summed E-state index contributed by atoms with van der Waals surface area (Å²) in [6.45, 7) is 7.72. The quantitative estimate of drug-likeness (QED) is 0.456. The monoisotopic (exact) mass is 474 g/mol. The molecule has 0 aliphatic carbocycles. The van der Waals surface area contributed by atoms with Crippen molar-refractivity contribution in [3.63, 3.8) is 0 Å². The van der Waals surface area contributed by atoms with Gasteiger partial charge in [-0.2, -0.15) is 0 Å². The van der Waals surface area contributed by atoms with E-state index in [0.717, 1.165) is 43.9 Å². The Labute approximate surface area is 202 Å². The summed E-state index contributed by atoms with van der Waals surface area (Å²) in [4.78, 5) is 41.5. The maximum atomic E-state index is 13.0. The first-order valence-electron chi connectivity index (χ1n) is 12.2. The second-order valence-electron chi connectivity index (χ2n) is 9.61.